The Balaban J connectivity index is 1.80. The van der Waals surface area contributed by atoms with Gasteiger partial charge in [-0.2, -0.15) is 4.98 Å². The summed E-state index contributed by atoms with van der Waals surface area (Å²) in [5.74, 6) is -1.17. The van der Waals surface area contributed by atoms with Gasteiger partial charge < -0.3 is 21.5 Å². The number of halogens is 1. The van der Waals surface area contributed by atoms with Crippen LogP contribution in [0.4, 0.5) is 33.2 Å². The molecule has 3 rings (SSSR count). The number of nitrogens with one attached hydrogen (secondary N) is 2. The zero-order valence-electron chi connectivity index (χ0n) is 13.9. The molecule has 0 bridgehead atoms. The van der Waals surface area contributed by atoms with E-state index in [4.69, 9.17) is 5.73 Å². The van der Waals surface area contributed by atoms with Gasteiger partial charge in [-0.05, 0) is 30.3 Å². The number of aromatic nitrogens is 2. The van der Waals surface area contributed by atoms with E-state index in [0.29, 0.717) is 17.1 Å². The Kier molecular flexibility index (Phi) is 5.22. The molecule has 0 aliphatic carbocycles. The summed E-state index contributed by atoms with van der Waals surface area (Å²) in [7, 11) is 0. The summed E-state index contributed by atoms with van der Waals surface area (Å²) < 4.78 is 14.0. The molecule has 0 atom stereocenters. The molecular formula is C18H15FN6O2. The molecule has 0 saturated carbocycles. The molecule has 136 valence electrons. The number of phenols is 1. The van der Waals surface area contributed by atoms with Crippen LogP contribution >= 0.6 is 0 Å². The summed E-state index contributed by atoms with van der Waals surface area (Å²) in [5, 5.41) is 15.2. The van der Waals surface area contributed by atoms with E-state index >= 15 is 0 Å². The van der Waals surface area contributed by atoms with Crippen LogP contribution in [0.2, 0.25) is 0 Å². The molecule has 1 heterocycles. The van der Waals surface area contributed by atoms with Crippen molar-refractivity contribution in [1.29, 1.82) is 0 Å². The number of nitrogens with two attached hydrogens (primary N) is 1. The predicted octanol–water partition coefficient (Wildman–Crippen LogP) is 3.00. The van der Waals surface area contributed by atoms with Gasteiger partial charge in [0.15, 0.2) is 11.6 Å². The minimum atomic E-state index is -0.655. The lowest BCUT2D eigenvalue weighted by Gasteiger charge is -2.10. The van der Waals surface area contributed by atoms with Crippen molar-refractivity contribution in [1.82, 2.24) is 9.97 Å². The summed E-state index contributed by atoms with van der Waals surface area (Å²) >= 11 is 0. The maximum atomic E-state index is 14.0. The Hall–Kier alpha value is -4.01. The summed E-state index contributed by atoms with van der Waals surface area (Å²) in [6, 6.07) is 13.0. The number of aliphatic imine (C=N–C) groups is 1. The fourth-order valence-electron chi connectivity index (χ4n) is 2.17. The predicted molar refractivity (Wildman–Crippen MR) is 100 cm³/mol. The molecule has 0 fully saturated rings. The highest BCUT2D eigenvalue weighted by Gasteiger charge is 2.08. The number of carbonyl (C=O) groups excluding carboxylic acids is 1. The smallest absolute Gasteiger partial charge is 0.259 e. The van der Waals surface area contributed by atoms with Crippen molar-refractivity contribution in [3.05, 3.63) is 60.5 Å². The molecule has 0 aliphatic rings. The van der Waals surface area contributed by atoms with Crippen LogP contribution in [0.3, 0.4) is 0 Å². The Bertz CT molecular complexity index is 1010. The first kappa shape index (κ1) is 17.8. The average molecular weight is 366 g/mol. The number of nitrogens with zero attached hydrogens (tertiary/aromatic N) is 3. The van der Waals surface area contributed by atoms with Gasteiger partial charge in [0.25, 0.3) is 5.91 Å². The SMILES string of the molecule is NC(=O)C=Nc1cccc(Nc2ncc(F)c(Nc3cccc(O)c3)n2)c1. The Morgan fingerprint density at radius 1 is 1.15 bits per heavy atom. The van der Waals surface area contributed by atoms with Crippen molar-refractivity contribution >= 4 is 41.0 Å². The molecule has 8 nitrogen and oxygen atoms in total. The quantitative estimate of drug-likeness (QED) is 0.497. The first-order valence-electron chi connectivity index (χ1n) is 7.79. The van der Waals surface area contributed by atoms with Crippen molar-refractivity contribution in [3.8, 4) is 5.75 Å². The number of aromatic hydroxyl groups is 1. The van der Waals surface area contributed by atoms with E-state index in [9.17, 15) is 14.3 Å². The first-order valence-corrected chi connectivity index (χ1v) is 7.79. The van der Waals surface area contributed by atoms with E-state index in [1.54, 1.807) is 36.4 Å². The highest BCUT2D eigenvalue weighted by atomic mass is 19.1. The van der Waals surface area contributed by atoms with Crippen LogP contribution in [-0.2, 0) is 4.79 Å². The largest absolute Gasteiger partial charge is 0.508 e. The minimum Gasteiger partial charge on any atom is -0.508 e. The van der Waals surface area contributed by atoms with Gasteiger partial charge in [0.1, 0.15) is 5.75 Å². The fourth-order valence-corrected chi connectivity index (χ4v) is 2.17. The molecule has 5 N–H and O–H groups in total. The highest BCUT2D eigenvalue weighted by Crippen LogP contribution is 2.24. The molecule has 1 amide bonds. The maximum absolute atomic E-state index is 14.0. The molecule has 9 heteroatoms. The number of rotatable bonds is 6. The van der Waals surface area contributed by atoms with Crippen molar-refractivity contribution in [3.63, 3.8) is 0 Å². The normalized spacial score (nSPS) is 10.7. The van der Waals surface area contributed by atoms with Gasteiger partial charge in [0, 0.05) is 17.4 Å². The van der Waals surface area contributed by atoms with Crippen LogP contribution in [0.15, 0.2) is 59.7 Å². The fraction of sp³-hybridized carbons (Fsp3) is 0. The maximum Gasteiger partial charge on any atom is 0.259 e. The summed E-state index contributed by atoms with van der Waals surface area (Å²) in [6.45, 7) is 0. The molecule has 0 saturated heterocycles. The van der Waals surface area contributed by atoms with E-state index in [1.165, 1.54) is 12.1 Å². The lowest BCUT2D eigenvalue weighted by Crippen LogP contribution is -2.10. The van der Waals surface area contributed by atoms with Gasteiger partial charge in [-0.25, -0.2) is 9.37 Å². The monoisotopic (exact) mass is 366 g/mol. The molecule has 0 unspecified atom stereocenters. The van der Waals surface area contributed by atoms with Gasteiger partial charge in [-0.3, -0.25) is 9.79 Å². The second kappa shape index (κ2) is 7.91. The summed E-state index contributed by atoms with van der Waals surface area (Å²) in [5.41, 5.74) is 6.58. The van der Waals surface area contributed by atoms with Gasteiger partial charge in [-0.15, -0.1) is 0 Å². The second-order valence-corrected chi connectivity index (χ2v) is 5.40. The van der Waals surface area contributed by atoms with E-state index in [0.717, 1.165) is 12.4 Å². The van der Waals surface area contributed by atoms with Gasteiger partial charge >= 0.3 is 0 Å². The Morgan fingerprint density at radius 2 is 1.89 bits per heavy atom. The lowest BCUT2D eigenvalue weighted by molar-refractivity contribution is -0.111. The molecule has 0 radical (unpaired) electrons. The van der Waals surface area contributed by atoms with Crippen LogP contribution in [0.5, 0.6) is 5.75 Å². The van der Waals surface area contributed by atoms with E-state index in [2.05, 4.69) is 25.6 Å². The number of hydrogen-bond acceptors (Lipinski definition) is 7. The van der Waals surface area contributed by atoms with Crippen molar-refractivity contribution < 1.29 is 14.3 Å². The summed E-state index contributed by atoms with van der Waals surface area (Å²) in [6.07, 6.45) is 2.03. The number of phenolic OH excluding ortho intramolecular Hbond substituents is 1. The number of hydrogen-bond donors (Lipinski definition) is 4. The van der Waals surface area contributed by atoms with E-state index in [1.807, 2.05) is 0 Å². The number of primary amides is 1. The van der Waals surface area contributed by atoms with Crippen molar-refractivity contribution in [2.75, 3.05) is 10.6 Å². The number of amides is 1. The highest BCUT2D eigenvalue weighted by molar-refractivity contribution is 6.26. The zero-order chi connectivity index (χ0) is 19.2. The molecule has 2 aromatic carbocycles. The van der Waals surface area contributed by atoms with E-state index in [-0.39, 0.29) is 17.5 Å². The van der Waals surface area contributed by atoms with E-state index < -0.39 is 11.7 Å². The second-order valence-electron chi connectivity index (χ2n) is 5.40. The Morgan fingerprint density at radius 3 is 2.63 bits per heavy atom. The standard InChI is InChI=1S/C18H15FN6O2/c19-15-9-22-18(25-17(15)23-13-5-2-6-14(26)8-13)24-12-4-1-3-11(7-12)21-10-16(20)27/h1-10,26H,(H2,20,27)(H2,22,23,24,25). The Labute approximate surface area is 153 Å². The van der Waals surface area contributed by atoms with Crippen LogP contribution in [0, 0.1) is 5.82 Å². The molecule has 1 aromatic heterocycles. The first-order chi connectivity index (χ1) is 13.0. The number of anilines is 4. The third kappa shape index (κ3) is 4.98. The van der Waals surface area contributed by atoms with Gasteiger partial charge in [-0.1, -0.05) is 12.1 Å². The zero-order valence-corrected chi connectivity index (χ0v) is 13.9. The lowest BCUT2D eigenvalue weighted by atomic mass is 10.3. The third-order valence-corrected chi connectivity index (χ3v) is 3.30. The molecule has 0 aliphatic heterocycles. The van der Waals surface area contributed by atoms with Crippen LogP contribution in [-0.4, -0.2) is 27.2 Å². The van der Waals surface area contributed by atoms with Gasteiger partial charge in [0.05, 0.1) is 18.1 Å². The summed E-state index contributed by atoms with van der Waals surface area (Å²) in [4.78, 5) is 22.7. The minimum absolute atomic E-state index is 0.0427. The number of carbonyl (C=O) groups is 1. The average Bonchev–Trinajstić information content (AvgIpc) is 2.63. The molecule has 0 spiro atoms. The van der Waals surface area contributed by atoms with Crippen molar-refractivity contribution in [2.24, 2.45) is 10.7 Å². The third-order valence-electron chi connectivity index (χ3n) is 3.30. The van der Waals surface area contributed by atoms with Gasteiger partial charge in [0.2, 0.25) is 5.95 Å². The topological polar surface area (TPSA) is 126 Å². The van der Waals surface area contributed by atoms with Crippen LogP contribution < -0.4 is 16.4 Å². The molecule has 3 aromatic rings. The van der Waals surface area contributed by atoms with Crippen LogP contribution in [0.25, 0.3) is 0 Å². The number of benzene rings is 2. The van der Waals surface area contributed by atoms with Crippen molar-refractivity contribution in [2.45, 2.75) is 0 Å². The molecule has 27 heavy (non-hydrogen) atoms. The molecular weight excluding hydrogens is 351 g/mol. The van der Waals surface area contributed by atoms with Crippen LogP contribution in [0.1, 0.15) is 0 Å².